The average molecular weight is 402 g/mol. The van der Waals surface area contributed by atoms with Crippen molar-refractivity contribution in [3.63, 3.8) is 0 Å². The SMILES string of the molecule is CN(CCCNS(=O)(=O)c1ccc(OC(F)(F)F)cc1)Cc1ccccc1. The second-order valence-electron chi connectivity index (χ2n) is 5.99. The van der Waals surface area contributed by atoms with Gasteiger partial charge in [0.15, 0.2) is 0 Å². The first-order valence-corrected chi connectivity index (χ1v) is 9.72. The molecule has 2 aromatic rings. The average Bonchev–Trinajstić information content (AvgIpc) is 2.59. The topological polar surface area (TPSA) is 58.6 Å². The molecule has 0 atom stereocenters. The van der Waals surface area contributed by atoms with Crippen molar-refractivity contribution in [2.24, 2.45) is 0 Å². The first-order valence-electron chi connectivity index (χ1n) is 8.24. The standard InChI is InChI=1S/C18H21F3N2O3S/c1-23(14-15-6-3-2-4-7-15)13-5-12-22-27(24,25)17-10-8-16(9-11-17)26-18(19,20)21/h2-4,6-11,22H,5,12-14H2,1H3. The number of alkyl halides is 3. The number of rotatable bonds is 9. The number of benzene rings is 2. The fourth-order valence-corrected chi connectivity index (χ4v) is 3.51. The van der Waals surface area contributed by atoms with Gasteiger partial charge in [0.05, 0.1) is 4.90 Å². The number of sulfonamides is 1. The molecule has 9 heteroatoms. The third kappa shape index (κ3) is 7.58. The quantitative estimate of drug-likeness (QED) is 0.654. The predicted molar refractivity (Wildman–Crippen MR) is 95.7 cm³/mol. The Balaban J connectivity index is 1.79. The van der Waals surface area contributed by atoms with Crippen molar-refractivity contribution < 1.29 is 26.3 Å². The number of nitrogens with one attached hydrogen (secondary N) is 1. The highest BCUT2D eigenvalue weighted by molar-refractivity contribution is 7.89. The summed E-state index contributed by atoms with van der Waals surface area (Å²) in [4.78, 5) is 1.96. The Bertz CT molecular complexity index is 810. The van der Waals surface area contributed by atoms with Crippen LogP contribution in [0.4, 0.5) is 13.2 Å². The zero-order chi connectivity index (χ0) is 19.9. The van der Waals surface area contributed by atoms with Crippen LogP contribution in [0.15, 0.2) is 59.5 Å². The molecule has 0 aromatic heterocycles. The van der Waals surface area contributed by atoms with Crippen LogP contribution in [0.1, 0.15) is 12.0 Å². The first-order chi connectivity index (χ1) is 12.7. The van der Waals surface area contributed by atoms with Crippen LogP contribution >= 0.6 is 0 Å². The van der Waals surface area contributed by atoms with Crippen molar-refractivity contribution in [2.45, 2.75) is 24.2 Å². The minimum Gasteiger partial charge on any atom is -0.406 e. The number of hydrogen-bond acceptors (Lipinski definition) is 4. The Labute approximate surface area is 156 Å². The molecule has 0 aliphatic carbocycles. The van der Waals surface area contributed by atoms with Gasteiger partial charge in [0.1, 0.15) is 5.75 Å². The van der Waals surface area contributed by atoms with Crippen molar-refractivity contribution >= 4 is 10.0 Å². The minimum absolute atomic E-state index is 0.116. The zero-order valence-corrected chi connectivity index (χ0v) is 15.6. The number of nitrogens with zero attached hydrogens (tertiary/aromatic N) is 1. The van der Waals surface area contributed by atoms with E-state index in [0.717, 1.165) is 30.8 Å². The summed E-state index contributed by atoms with van der Waals surface area (Å²) in [5.74, 6) is -0.469. The van der Waals surface area contributed by atoms with Gasteiger partial charge in [-0.1, -0.05) is 30.3 Å². The summed E-state index contributed by atoms with van der Waals surface area (Å²) in [6, 6.07) is 14.0. The monoisotopic (exact) mass is 402 g/mol. The first kappa shape index (κ1) is 21.2. The van der Waals surface area contributed by atoms with Crippen LogP contribution in [0.3, 0.4) is 0 Å². The lowest BCUT2D eigenvalue weighted by atomic mass is 10.2. The van der Waals surface area contributed by atoms with Crippen LogP contribution in [-0.4, -0.2) is 39.8 Å². The van der Waals surface area contributed by atoms with E-state index in [1.807, 2.05) is 37.4 Å². The lowest BCUT2D eigenvalue weighted by Gasteiger charge is -2.16. The van der Waals surface area contributed by atoms with Gasteiger partial charge in [-0.2, -0.15) is 0 Å². The molecule has 0 fully saturated rings. The Morgan fingerprint density at radius 1 is 1.04 bits per heavy atom. The molecule has 2 aromatic carbocycles. The van der Waals surface area contributed by atoms with E-state index in [-0.39, 0.29) is 11.4 Å². The molecule has 0 amide bonds. The summed E-state index contributed by atoms with van der Waals surface area (Å²) in [7, 11) is -1.84. The van der Waals surface area contributed by atoms with Gasteiger partial charge in [-0.25, -0.2) is 13.1 Å². The molecule has 0 spiro atoms. The lowest BCUT2D eigenvalue weighted by Crippen LogP contribution is -2.28. The molecular formula is C18H21F3N2O3S. The summed E-state index contributed by atoms with van der Waals surface area (Å²) in [6.45, 7) is 1.67. The van der Waals surface area contributed by atoms with Gasteiger partial charge in [0, 0.05) is 13.1 Å². The Morgan fingerprint density at radius 3 is 2.26 bits per heavy atom. The highest BCUT2D eigenvalue weighted by atomic mass is 32.2. The third-order valence-corrected chi connectivity index (χ3v) is 5.15. The van der Waals surface area contributed by atoms with Crippen molar-refractivity contribution in [1.29, 1.82) is 0 Å². The summed E-state index contributed by atoms with van der Waals surface area (Å²) >= 11 is 0. The molecule has 27 heavy (non-hydrogen) atoms. The van der Waals surface area contributed by atoms with Crippen molar-refractivity contribution in [2.75, 3.05) is 20.1 Å². The highest BCUT2D eigenvalue weighted by Crippen LogP contribution is 2.23. The van der Waals surface area contributed by atoms with Gasteiger partial charge >= 0.3 is 6.36 Å². The molecule has 2 rings (SSSR count). The van der Waals surface area contributed by atoms with E-state index in [0.29, 0.717) is 13.0 Å². The summed E-state index contributed by atoms with van der Waals surface area (Å²) in [5.41, 5.74) is 1.17. The van der Waals surface area contributed by atoms with E-state index in [9.17, 15) is 21.6 Å². The maximum absolute atomic E-state index is 12.2. The largest absolute Gasteiger partial charge is 0.573 e. The van der Waals surface area contributed by atoms with Crippen LogP contribution in [0.2, 0.25) is 0 Å². The second kappa shape index (κ2) is 9.20. The van der Waals surface area contributed by atoms with Gasteiger partial charge in [-0.05, 0) is 49.8 Å². The van der Waals surface area contributed by atoms with Gasteiger partial charge < -0.3 is 9.64 Å². The van der Waals surface area contributed by atoms with Gasteiger partial charge in [-0.15, -0.1) is 13.2 Å². The van der Waals surface area contributed by atoms with Gasteiger partial charge in [0.2, 0.25) is 10.0 Å². The Hall–Kier alpha value is -2.10. The molecule has 5 nitrogen and oxygen atoms in total. The fourth-order valence-electron chi connectivity index (χ4n) is 2.43. The molecule has 148 valence electrons. The fraction of sp³-hybridized carbons (Fsp3) is 0.333. The van der Waals surface area contributed by atoms with Crippen LogP contribution in [0, 0.1) is 0 Å². The molecular weight excluding hydrogens is 381 g/mol. The Morgan fingerprint density at radius 2 is 1.67 bits per heavy atom. The van der Waals surface area contributed by atoms with Crippen molar-refractivity contribution in [3.05, 3.63) is 60.2 Å². The molecule has 0 unspecified atom stereocenters. The molecule has 0 bridgehead atoms. The van der Waals surface area contributed by atoms with E-state index in [2.05, 4.69) is 14.4 Å². The summed E-state index contributed by atoms with van der Waals surface area (Å²) in [5, 5.41) is 0. The molecule has 0 aliphatic heterocycles. The van der Waals surface area contributed by atoms with Crippen LogP contribution in [-0.2, 0) is 16.6 Å². The molecule has 0 heterocycles. The highest BCUT2D eigenvalue weighted by Gasteiger charge is 2.31. The molecule has 0 saturated heterocycles. The summed E-state index contributed by atoms with van der Waals surface area (Å²) in [6.07, 6.45) is -4.22. The van der Waals surface area contributed by atoms with E-state index in [1.165, 1.54) is 5.56 Å². The zero-order valence-electron chi connectivity index (χ0n) is 14.7. The van der Waals surface area contributed by atoms with Crippen LogP contribution < -0.4 is 9.46 Å². The Kier molecular flexibility index (Phi) is 7.23. The minimum atomic E-state index is -4.82. The smallest absolute Gasteiger partial charge is 0.406 e. The van der Waals surface area contributed by atoms with Crippen LogP contribution in [0.25, 0.3) is 0 Å². The van der Waals surface area contributed by atoms with Gasteiger partial charge in [0.25, 0.3) is 0 Å². The van der Waals surface area contributed by atoms with Crippen LogP contribution in [0.5, 0.6) is 5.75 Å². The number of halogens is 3. The van der Waals surface area contributed by atoms with E-state index in [1.54, 1.807) is 0 Å². The summed E-state index contributed by atoms with van der Waals surface area (Å²) < 4.78 is 66.9. The number of ether oxygens (including phenoxy) is 1. The van der Waals surface area contributed by atoms with Gasteiger partial charge in [-0.3, -0.25) is 0 Å². The maximum atomic E-state index is 12.2. The molecule has 1 N–H and O–H groups in total. The third-order valence-electron chi connectivity index (χ3n) is 3.67. The normalized spacial score (nSPS) is 12.3. The maximum Gasteiger partial charge on any atom is 0.573 e. The van der Waals surface area contributed by atoms with E-state index in [4.69, 9.17) is 0 Å². The second-order valence-corrected chi connectivity index (χ2v) is 7.76. The molecule has 0 saturated carbocycles. The molecule has 0 radical (unpaired) electrons. The number of hydrogen-bond donors (Lipinski definition) is 1. The van der Waals surface area contributed by atoms with Crippen molar-refractivity contribution in [1.82, 2.24) is 9.62 Å². The van der Waals surface area contributed by atoms with E-state index >= 15 is 0 Å². The molecule has 0 aliphatic rings. The predicted octanol–water partition coefficient (Wildman–Crippen LogP) is 3.39. The lowest BCUT2D eigenvalue weighted by molar-refractivity contribution is -0.274. The van der Waals surface area contributed by atoms with Crippen molar-refractivity contribution in [3.8, 4) is 5.75 Å². The van der Waals surface area contributed by atoms with E-state index < -0.39 is 22.1 Å².